The molecule has 0 saturated carbocycles. The molecule has 0 unspecified atom stereocenters. The Bertz CT molecular complexity index is 378. The predicted octanol–water partition coefficient (Wildman–Crippen LogP) is 2.91. The summed E-state index contributed by atoms with van der Waals surface area (Å²) in [4.78, 5) is 18.1. The fourth-order valence-corrected chi connectivity index (χ4v) is 2.19. The lowest BCUT2D eigenvalue weighted by Crippen LogP contribution is -2.32. The molecule has 3 nitrogen and oxygen atoms in total. The molecule has 1 aromatic heterocycles. The smallest absolute Gasteiger partial charge is 0.180 e. The molecule has 1 aliphatic heterocycles. The van der Waals surface area contributed by atoms with E-state index in [0.29, 0.717) is 12.1 Å². The van der Waals surface area contributed by atoms with Crippen LogP contribution in [0.2, 0.25) is 0 Å². The minimum Gasteiger partial charge on any atom is -0.370 e. The van der Waals surface area contributed by atoms with E-state index in [9.17, 15) is 4.79 Å². The van der Waals surface area contributed by atoms with E-state index in [0.717, 1.165) is 24.7 Å². The van der Waals surface area contributed by atoms with Gasteiger partial charge in [0.15, 0.2) is 5.78 Å². The highest BCUT2D eigenvalue weighted by molar-refractivity contribution is 5.94. The Balaban J connectivity index is 2.05. The van der Waals surface area contributed by atoms with Crippen molar-refractivity contribution < 1.29 is 4.79 Å². The molecular formula is C14H20N2O. The second kappa shape index (κ2) is 5.30. The molecule has 1 fully saturated rings. The first-order valence-corrected chi connectivity index (χ1v) is 6.45. The van der Waals surface area contributed by atoms with Gasteiger partial charge in [0.2, 0.25) is 0 Å². The third-order valence-electron chi connectivity index (χ3n) is 3.50. The average molecular weight is 232 g/mol. The second-order valence-corrected chi connectivity index (χ2v) is 4.85. The number of carbonyl (C=O) groups is 1. The number of hydrogen-bond acceptors (Lipinski definition) is 3. The van der Waals surface area contributed by atoms with Gasteiger partial charge >= 0.3 is 0 Å². The third-order valence-corrected chi connectivity index (χ3v) is 3.50. The summed E-state index contributed by atoms with van der Waals surface area (Å²) in [5, 5.41) is 0. The second-order valence-electron chi connectivity index (χ2n) is 4.85. The molecule has 0 radical (unpaired) electrons. The summed E-state index contributed by atoms with van der Waals surface area (Å²) in [5.41, 5.74) is 1.73. The van der Waals surface area contributed by atoms with Gasteiger partial charge in [0, 0.05) is 19.5 Å². The van der Waals surface area contributed by atoms with E-state index in [1.165, 1.54) is 12.8 Å². The van der Waals surface area contributed by atoms with E-state index in [-0.39, 0.29) is 5.78 Å². The van der Waals surface area contributed by atoms with Crippen molar-refractivity contribution in [2.45, 2.75) is 33.1 Å². The summed E-state index contributed by atoms with van der Waals surface area (Å²) in [5.74, 6) is 0.948. The van der Waals surface area contributed by atoms with Gasteiger partial charge in [-0.05, 0) is 30.9 Å². The van der Waals surface area contributed by atoms with Gasteiger partial charge in [0.1, 0.15) is 5.69 Å². The van der Waals surface area contributed by atoms with Crippen LogP contribution in [0, 0.1) is 5.92 Å². The molecule has 1 saturated heterocycles. The number of ketones is 1. The van der Waals surface area contributed by atoms with Gasteiger partial charge in [0.05, 0.1) is 11.9 Å². The number of hydrogen-bond donors (Lipinski definition) is 0. The molecule has 0 atom stereocenters. The van der Waals surface area contributed by atoms with Gasteiger partial charge in [0.25, 0.3) is 0 Å². The fraction of sp³-hybridized carbons (Fsp3) is 0.571. The number of carbonyl (C=O) groups excluding carboxylic acids is 1. The highest BCUT2D eigenvalue weighted by Crippen LogP contribution is 2.22. The van der Waals surface area contributed by atoms with Gasteiger partial charge in [-0.15, -0.1) is 0 Å². The molecule has 0 aromatic carbocycles. The Hall–Kier alpha value is -1.38. The van der Waals surface area contributed by atoms with E-state index in [2.05, 4.69) is 16.8 Å². The first kappa shape index (κ1) is 12.1. The van der Waals surface area contributed by atoms with Gasteiger partial charge in [-0.2, -0.15) is 0 Å². The largest absolute Gasteiger partial charge is 0.370 e. The van der Waals surface area contributed by atoms with Crippen molar-refractivity contribution in [1.82, 2.24) is 4.98 Å². The van der Waals surface area contributed by atoms with Crippen LogP contribution < -0.4 is 4.90 Å². The first-order valence-electron chi connectivity index (χ1n) is 6.45. The quantitative estimate of drug-likeness (QED) is 0.751. The number of pyridine rings is 1. The van der Waals surface area contributed by atoms with Crippen LogP contribution in [0.1, 0.15) is 43.6 Å². The van der Waals surface area contributed by atoms with Crippen LogP contribution in [-0.2, 0) is 0 Å². The van der Waals surface area contributed by atoms with Crippen LogP contribution in [0.15, 0.2) is 18.3 Å². The first-order chi connectivity index (χ1) is 8.20. The van der Waals surface area contributed by atoms with E-state index < -0.39 is 0 Å². The molecule has 2 heterocycles. The Kier molecular flexibility index (Phi) is 3.77. The lowest BCUT2D eigenvalue weighted by molar-refractivity contribution is 0.0983. The van der Waals surface area contributed by atoms with Crippen LogP contribution >= 0.6 is 0 Å². The zero-order valence-corrected chi connectivity index (χ0v) is 10.6. The molecule has 0 aliphatic carbocycles. The molecule has 0 amide bonds. The summed E-state index contributed by atoms with van der Waals surface area (Å²) >= 11 is 0. The highest BCUT2D eigenvalue weighted by atomic mass is 16.1. The van der Waals surface area contributed by atoms with Crippen LogP contribution in [0.5, 0.6) is 0 Å². The summed E-state index contributed by atoms with van der Waals surface area (Å²) < 4.78 is 0. The zero-order chi connectivity index (χ0) is 12.3. The monoisotopic (exact) mass is 232 g/mol. The number of piperidine rings is 1. The Labute approximate surface area is 103 Å². The van der Waals surface area contributed by atoms with Crippen molar-refractivity contribution in [3.63, 3.8) is 0 Å². The van der Waals surface area contributed by atoms with Gasteiger partial charge in [-0.1, -0.05) is 13.8 Å². The molecule has 1 aromatic rings. The molecule has 1 aliphatic rings. The molecule has 0 spiro atoms. The van der Waals surface area contributed by atoms with Crippen molar-refractivity contribution in [3.05, 3.63) is 24.0 Å². The normalized spacial score (nSPS) is 17.2. The van der Waals surface area contributed by atoms with Gasteiger partial charge in [-0.3, -0.25) is 9.78 Å². The standard InChI is InChI=1S/C14H20N2O/c1-3-14(17)13-5-4-12(10-15-13)16-8-6-11(2)7-9-16/h4-5,10-11H,3,6-9H2,1-2H3. The Morgan fingerprint density at radius 2 is 2.12 bits per heavy atom. The van der Waals surface area contributed by atoms with E-state index >= 15 is 0 Å². The molecular weight excluding hydrogens is 212 g/mol. The third kappa shape index (κ3) is 2.84. The zero-order valence-electron chi connectivity index (χ0n) is 10.6. The van der Waals surface area contributed by atoms with Crippen LogP contribution in [0.3, 0.4) is 0 Å². The summed E-state index contributed by atoms with van der Waals surface area (Å²) in [6.45, 7) is 6.37. The van der Waals surface area contributed by atoms with Crippen LogP contribution in [-0.4, -0.2) is 23.9 Å². The topological polar surface area (TPSA) is 33.2 Å². The maximum absolute atomic E-state index is 11.5. The number of anilines is 1. The minimum atomic E-state index is 0.115. The van der Waals surface area contributed by atoms with Gasteiger partial charge < -0.3 is 4.90 Å². The maximum atomic E-state index is 11.5. The summed E-state index contributed by atoms with van der Waals surface area (Å²) in [7, 11) is 0. The lowest BCUT2D eigenvalue weighted by atomic mass is 9.99. The van der Waals surface area contributed by atoms with Crippen molar-refractivity contribution in [2.75, 3.05) is 18.0 Å². The number of Topliss-reactive ketones (excluding diaryl/α,β-unsaturated/α-hetero) is 1. The maximum Gasteiger partial charge on any atom is 0.180 e. The highest BCUT2D eigenvalue weighted by Gasteiger charge is 2.16. The van der Waals surface area contributed by atoms with Crippen molar-refractivity contribution in [1.29, 1.82) is 0 Å². The summed E-state index contributed by atoms with van der Waals surface area (Å²) in [6.07, 6.45) is 4.84. The van der Waals surface area contributed by atoms with E-state index in [4.69, 9.17) is 0 Å². The predicted molar refractivity (Wildman–Crippen MR) is 69.5 cm³/mol. The van der Waals surface area contributed by atoms with E-state index in [1.54, 1.807) is 0 Å². The fourth-order valence-electron chi connectivity index (χ4n) is 2.19. The summed E-state index contributed by atoms with van der Waals surface area (Å²) in [6, 6.07) is 3.87. The van der Waals surface area contributed by atoms with Crippen molar-refractivity contribution >= 4 is 11.5 Å². The Morgan fingerprint density at radius 1 is 1.41 bits per heavy atom. The number of aromatic nitrogens is 1. The van der Waals surface area contributed by atoms with Crippen LogP contribution in [0.25, 0.3) is 0 Å². The van der Waals surface area contributed by atoms with Crippen molar-refractivity contribution in [3.8, 4) is 0 Å². The number of rotatable bonds is 3. The minimum absolute atomic E-state index is 0.115. The molecule has 3 heteroatoms. The molecule has 0 N–H and O–H groups in total. The molecule has 92 valence electrons. The Morgan fingerprint density at radius 3 is 2.65 bits per heavy atom. The SMILES string of the molecule is CCC(=O)c1ccc(N2CCC(C)CC2)cn1. The molecule has 2 rings (SSSR count). The molecule has 17 heavy (non-hydrogen) atoms. The average Bonchev–Trinajstić information content (AvgIpc) is 2.39. The van der Waals surface area contributed by atoms with E-state index in [1.807, 2.05) is 25.3 Å². The number of nitrogens with zero attached hydrogens (tertiary/aromatic N) is 2. The van der Waals surface area contributed by atoms with Crippen LogP contribution in [0.4, 0.5) is 5.69 Å². The lowest BCUT2D eigenvalue weighted by Gasteiger charge is -2.31. The molecule has 0 bridgehead atoms. The van der Waals surface area contributed by atoms with Crippen molar-refractivity contribution in [2.24, 2.45) is 5.92 Å². The van der Waals surface area contributed by atoms with Gasteiger partial charge in [-0.25, -0.2) is 0 Å².